The predicted molar refractivity (Wildman–Crippen MR) is 116 cm³/mol. The first-order chi connectivity index (χ1) is 14.5. The van der Waals surface area contributed by atoms with Crippen LogP contribution in [-0.2, 0) is 29.1 Å². The molecule has 6 nitrogen and oxygen atoms in total. The van der Waals surface area contributed by atoms with Crippen LogP contribution < -0.4 is 0 Å². The first kappa shape index (κ1) is 20.6. The van der Waals surface area contributed by atoms with Crippen LogP contribution in [0.5, 0.6) is 0 Å². The summed E-state index contributed by atoms with van der Waals surface area (Å²) < 4.78 is 1.73. The van der Waals surface area contributed by atoms with E-state index in [-0.39, 0.29) is 11.8 Å². The molecule has 160 valence electrons. The van der Waals surface area contributed by atoms with Crippen LogP contribution in [0.25, 0.3) is 0 Å². The third kappa shape index (κ3) is 5.29. The number of rotatable bonds is 7. The molecule has 30 heavy (non-hydrogen) atoms. The summed E-state index contributed by atoms with van der Waals surface area (Å²) in [7, 11) is 0. The Kier molecular flexibility index (Phi) is 6.21. The highest BCUT2D eigenvalue weighted by Gasteiger charge is 2.32. The molecule has 2 amide bonds. The summed E-state index contributed by atoms with van der Waals surface area (Å²) in [5.74, 6) is 0.977. The summed E-state index contributed by atoms with van der Waals surface area (Å²) >= 11 is 0. The zero-order valence-corrected chi connectivity index (χ0v) is 18.1. The molecule has 2 fully saturated rings. The van der Waals surface area contributed by atoms with Gasteiger partial charge in [-0.3, -0.25) is 14.3 Å². The molecule has 0 spiro atoms. The number of carbonyl (C=O) groups excluding carboxylic acids is 2. The van der Waals surface area contributed by atoms with Gasteiger partial charge in [-0.25, -0.2) is 0 Å². The number of hydrogen-bond acceptors (Lipinski definition) is 3. The van der Waals surface area contributed by atoms with Gasteiger partial charge in [0.2, 0.25) is 11.8 Å². The number of aryl methyl sites for hydroxylation is 1. The van der Waals surface area contributed by atoms with Gasteiger partial charge in [0, 0.05) is 38.8 Å². The molecule has 1 aliphatic heterocycles. The maximum atomic E-state index is 12.8. The second kappa shape index (κ2) is 9.02. The quantitative estimate of drug-likeness (QED) is 0.707. The largest absolute Gasteiger partial charge is 0.343 e. The standard InChI is InChI=1S/C24H32N4O2/c1-18-9-14-27(25-18)17-24(30)28(23-7-8-23)16-22-5-3-20(4-6-22)15-21-10-12-26(13-11-21)19(2)29/h3-6,9,14,21,23H,7-8,10-13,15-17H2,1-2H3. The van der Waals surface area contributed by atoms with Gasteiger partial charge in [0.05, 0.1) is 5.69 Å². The van der Waals surface area contributed by atoms with Gasteiger partial charge < -0.3 is 9.80 Å². The van der Waals surface area contributed by atoms with E-state index in [1.807, 2.05) is 29.0 Å². The summed E-state index contributed by atoms with van der Waals surface area (Å²) in [5.41, 5.74) is 3.46. The minimum absolute atomic E-state index is 0.141. The molecule has 2 aromatic rings. The number of likely N-dealkylation sites (tertiary alicyclic amines) is 1. The molecule has 1 aromatic heterocycles. The van der Waals surface area contributed by atoms with Crippen LogP contribution in [0.4, 0.5) is 0 Å². The molecule has 1 aliphatic carbocycles. The molecule has 0 N–H and O–H groups in total. The average molecular weight is 409 g/mol. The van der Waals surface area contributed by atoms with E-state index in [0.29, 0.717) is 25.0 Å². The summed E-state index contributed by atoms with van der Waals surface area (Å²) in [6.45, 7) is 6.33. The van der Waals surface area contributed by atoms with Gasteiger partial charge in [-0.2, -0.15) is 5.10 Å². The van der Waals surface area contributed by atoms with E-state index in [4.69, 9.17) is 0 Å². The molecule has 1 aromatic carbocycles. The van der Waals surface area contributed by atoms with Crippen molar-refractivity contribution in [3.8, 4) is 0 Å². The predicted octanol–water partition coefficient (Wildman–Crippen LogP) is 3.18. The van der Waals surface area contributed by atoms with Crippen LogP contribution in [0.2, 0.25) is 0 Å². The molecule has 0 unspecified atom stereocenters. The van der Waals surface area contributed by atoms with E-state index in [9.17, 15) is 9.59 Å². The molecular formula is C24H32N4O2. The van der Waals surface area contributed by atoms with Crippen molar-refractivity contribution in [2.75, 3.05) is 13.1 Å². The molecule has 1 saturated heterocycles. The fourth-order valence-corrected chi connectivity index (χ4v) is 4.35. The smallest absolute Gasteiger partial charge is 0.244 e. The Morgan fingerprint density at radius 3 is 2.27 bits per heavy atom. The van der Waals surface area contributed by atoms with E-state index in [1.165, 1.54) is 11.1 Å². The molecular weight excluding hydrogens is 376 g/mol. The van der Waals surface area contributed by atoms with Gasteiger partial charge in [-0.15, -0.1) is 0 Å². The number of benzene rings is 1. The van der Waals surface area contributed by atoms with Crippen LogP contribution in [-0.4, -0.2) is 50.5 Å². The van der Waals surface area contributed by atoms with E-state index in [2.05, 4.69) is 29.4 Å². The monoisotopic (exact) mass is 408 g/mol. The third-order valence-electron chi connectivity index (χ3n) is 6.34. The lowest BCUT2D eigenvalue weighted by atomic mass is 9.90. The lowest BCUT2D eigenvalue weighted by Gasteiger charge is -2.31. The fraction of sp³-hybridized carbons (Fsp3) is 0.542. The Balaban J connectivity index is 1.31. The Labute approximate surface area is 178 Å². The van der Waals surface area contributed by atoms with Crippen molar-refractivity contribution in [1.29, 1.82) is 0 Å². The van der Waals surface area contributed by atoms with Crippen molar-refractivity contribution in [2.24, 2.45) is 5.92 Å². The first-order valence-corrected chi connectivity index (χ1v) is 11.1. The maximum absolute atomic E-state index is 12.8. The lowest BCUT2D eigenvalue weighted by Crippen LogP contribution is -2.37. The number of aromatic nitrogens is 2. The molecule has 2 heterocycles. The number of piperidine rings is 1. The number of carbonyl (C=O) groups is 2. The lowest BCUT2D eigenvalue weighted by molar-refractivity contribution is -0.133. The van der Waals surface area contributed by atoms with Crippen molar-refractivity contribution in [2.45, 2.75) is 65.1 Å². The van der Waals surface area contributed by atoms with Crippen molar-refractivity contribution in [3.63, 3.8) is 0 Å². The second-order valence-corrected chi connectivity index (χ2v) is 8.88. The molecule has 6 heteroatoms. The Hall–Kier alpha value is -2.63. The Morgan fingerprint density at radius 2 is 1.70 bits per heavy atom. The minimum Gasteiger partial charge on any atom is -0.343 e. The van der Waals surface area contributed by atoms with Gasteiger partial charge in [0.1, 0.15) is 6.54 Å². The minimum atomic E-state index is 0.141. The molecule has 0 atom stereocenters. The fourth-order valence-electron chi connectivity index (χ4n) is 4.35. The summed E-state index contributed by atoms with van der Waals surface area (Å²) in [6, 6.07) is 11.1. The van der Waals surface area contributed by atoms with Gasteiger partial charge >= 0.3 is 0 Å². The highest BCUT2D eigenvalue weighted by Crippen LogP contribution is 2.29. The second-order valence-electron chi connectivity index (χ2n) is 8.88. The van der Waals surface area contributed by atoms with Crippen LogP contribution >= 0.6 is 0 Å². The SMILES string of the molecule is CC(=O)N1CCC(Cc2ccc(CN(C(=O)Cn3ccc(C)n3)C3CC3)cc2)CC1. The van der Waals surface area contributed by atoms with Crippen molar-refractivity contribution in [1.82, 2.24) is 19.6 Å². The molecule has 2 aliphatic rings. The van der Waals surface area contributed by atoms with Crippen molar-refractivity contribution < 1.29 is 9.59 Å². The Morgan fingerprint density at radius 1 is 1.03 bits per heavy atom. The third-order valence-corrected chi connectivity index (χ3v) is 6.34. The number of amides is 2. The first-order valence-electron chi connectivity index (χ1n) is 11.1. The highest BCUT2D eigenvalue weighted by atomic mass is 16.2. The molecule has 4 rings (SSSR count). The summed E-state index contributed by atoms with van der Waals surface area (Å²) in [4.78, 5) is 28.3. The van der Waals surface area contributed by atoms with Crippen molar-refractivity contribution in [3.05, 3.63) is 53.3 Å². The number of hydrogen-bond donors (Lipinski definition) is 0. The Bertz CT molecular complexity index is 877. The maximum Gasteiger partial charge on any atom is 0.244 e. The zero-order valence-electron chi connectivity index (χ0n) is 18.1. The molecule has 1 saturated carbocycles. The zero-order chi connectivity index (χ0) is 21.1. The highest BCUT2D eigenvalue weighted by molar-refractivity contribution is 5.76. The van der Waals surface area contributed by atoms with Gasteiger partial charge in [0.25, 0.3) is 0 Å². The topological polar surface area (TPSA) is 58.4 Å². The van der Waals surface area contributed by atoms with Gasteiger partial charge in [-0.05, 0) is 62.1 Å². The van der Waals surface area contributed by atoms with Crippen LogP contribution in [0.3, 0.4) is 0 Å². The summed E-state index contributed by atoms with van der Waals surface area (Å²) in [5, 5.41) is 4.35. The van der Waals surface area contributed by atoms with Gasteiger partial charge in [0.15, 0.2) is 0 Å². The van der Waals surface area contributed by atoms with E-state index >= 15 is 0 Å². The number of nitrogens with zero attached hydrogens (tertiary/aromatic N) is 4. The van der Waals surface area contributed by atoms with E-state index < -0.39 is 0 Å². The average Bonchev–Trinajstić information content (AvgIpc) is 3.49. The van der Waals surface area contributed by atoms with Crippen LogP contribution in [0.15, 0.2) is 36.5 Å². The van der Waals surface area contributed by atoms with Crippen molar-refractivity contribution >= 4 is 11.8 Å². The van der Waals surface area contributed by atoms with Gasteiger partial charge in [-0.1, -0.05) is 24.3 Å². The molecule has 0 radical (unpaired) electrons. The van der Waals surface area contributed by atoms with Crippen LogP contribution in [0, 0.1) is 12.8 Å². The van der Waals surface area contributed by atoms with E-state index in [1.54, 1.807) is 11.6 Å². The molecule has 0 bridgehead atoms. The normalized spacial score (nSPS) is 17.2. The van der Waals surface area contributed by atoms with Crippen LogP contribution in [0.1, 0.15) is 49.4 Å². The summed E-state index contributed by atoms with van der Waals surface area (Å²) in [6.07, 6.45) is 7.29. The van der Waals surface area contributed by atoms with E-state index in [0.717, 1.165) is 50.9 Å².